The lowest BCUT2D eigenvalue weighted by Crippen LogP contribution is -2.31. The summed E-state index contributed by atoms with van der Waals surface area (Å²) < 4.78 is 5.53. The lowest BCUT2D eigenvalue weighted by Gasteiger charge is -2.24. The largest absolute Gasteiger partial charge is 0.503 e. The molecule has 1 atom stereocenters. The van der Waals surface area contributed by atoms with Crippen molar-refractivity contribution in [1.82, 2.24) is 15.2 Å². The third-order valence-electron chi connectivity index (χ3n) is 5.20. The Morgan fingerprint density at radius 3 is 2.42 bits per heavy atom. The van der Waals surface area contributed by atoms with Crippen LogP contribution in [0.4, 0.5) is 5.13 Å². The van der Waals surface area contributed by atoms with Crippen molar-refractivity contribution in [3.8, 4) is 5.75 Å². The molecule has 33 heavy (non-hydrogen) atoms. The molecule has 2 aromatic heterocycles. The fourth-order valence-corrected chi connectivity index (χ4v) is 5.43. The fraction of sp³-hybridized carbons (Fsp3) is 0.348. The van der Waals surface area contributed by atoms with Crippen LogP contribution in [0.2, 0.25) is 0 Å². The number of ketones is 1. The predicted octanol–water partition coefficient (Wildman–Crippen LogP) is 4.92. The van der Waals surface area contributed by atoms with Gasteiger partial charge in [-0.2, -0.15) is 0 Å². The topological polar surface area (TPSA) is 106 Å². The quantitative estimate of drug-likeness (QED) is 0.475. The highest BCUT2D eigenvalue weighted by atomic mass is 32.1. The van der Waals surface area contributed by atoms with Gasteiger partial charge in [0, 0.05) is 5.92 Å². The zero-order valence-corrected chi connectivity index (χ0v) is 20.6. The van der Waals surface area contributed by atoms with Crippen LogP contribution in [0.25, 0.3) is 0 Å². The van der Waals surface area contributed by atoms with Crippen LogP contribution < -0.4 is 9.64 Å². The van der Waals surface area contributed by atoms with Gasteiger partial charge in [0.1, 0.15) is 10.8 Å². The number of aryl methyl sites for hydroxylation is 2. The monoisotopic (exact) mass is 484 g/mol. The molecule has 0 saturated heterocycles. The number of thiazole rings is 1. The number of benzene rings is 1. The number of anilines is 1. The van der Waals surface area contributed by atoms with Crippen molar-refractivity contribution >= 4 is 39.5 Å². The highest BCUT2D eigenvalue weighted by molar-refractivity contribution is 7.15. The maximum absolute atomic E-state index is 13.6. The minimum atomic E-state index is -0.851. The molecule has 3 aromatic rings. The Balaban J connectivity index is 1.84. The van der Waals surface area contributed by atoms with Crippen LogP contribution in [-0.2, 0) is 4.79 Å². The highest BCUT2D eigenvalue weighted by Crippen LogP contribution is 2.44. The number of hydrogen-bond donors (Lipinski definition) is 1. The van der Waals surface area contributed by atoms with E-state index in [1.165, 1.54) is 27.6 Å². The number of ether oxygens (including phenoxy) is 1. The average molecular weight is 485 g/mol. The molecular formula is C23H24N4O4S2. The number of Topliss-reactive ketones (excluding diaryl/α,β-unsaturated/α-hetero) is 1. The summed E-state index contributed by atoms with van der Waals surface area (Å²) in [5.41, 5.74) is 1.23. The van der Waals surface area contributed by atoms with E-state index in [0.717, 1.165) is 10.0 Å². The van der Waals surface area contributed by atoms with E-state index in [4.69, 9.17) is 4.74 Å². The first-order chi connectivity index (χ1) is 15.7. The van der Waals surface area contributed by atoms with Crippen molar-refractivity contribution in [3.63, 3.8) is 0 Å². The molecule has 1 aromatic carbocycles. The number of aliphatic hydroxyl groups is 1. The van der Waals surface area contributed by atoms with Gasteiger partial charge in [-0.05, 0) is 38.5 Å². The van der Waals surface area contributed by atoms with Crippen molar-refractivity contribution in [2.24, 2.45) is 0 Å². The van der Waals surface area contributed by atoms with E-state index >= 15 is 0 Å². The SMILES string of the molecule is CCOc1ccc([C@H]2C(C(=O)c3sc(C)nc3C)=C(O)C(=O)N2c2nnc(C(C)C)s2)cc1. The molecule has 1 aliphatic rings. The Kier molecular flexibility index (Phi) is 6.31. The first-order valence-corrected chi connectivity index (χ1v) is 12.2. The van der Waals surface area contributed by atoms with Crippen LogP contribution in [0.1, 0.15) is 63.7 Å². The molecule has 4 rings (SSSR count). The molecule has 1 N–H and O–H groups in total. The zero-order valence-electron chi connectivity index (χ0n) is 18.9. The van der Waals surface area contributed by atoms with E-state index in [9.17, 15) is 14.7 Å². The summed E-state index contributed by atoms with van der Waals surface area (Å²) in [5, 5.41) is 21.1. The standard InChI is InChI=1S/C23H24N4O4S2/c1-6-31-15-9-7-14(8-10-15)17-16(18(28)20-12(4)24-13(5)32-20)19(29)22(30)27(17)23-26-25-21(33-23)11(2)3/h7-11,17,29H,6H2,1-5H3/t17-/m0/s1. The van der Waals surface area contributed by atoms with Crippen LogP contribution in [0.5, 0.6) is 5.75 Å². The second kappa shape index (κ2) is 9.03. The van der Waals surface area contributed by atoms with Crippen LogP contribution in [0, 0.1) is 13.8 Å². The number of aliphatic hydroxyl groups excluding tert-OH is 1. The predicted molar refractivity (Wildman–Crippen MR) is 127 cm³/mol. The Bertz CT molecular complexity index is 1240. The van der Waals surface area contributed by atoms with Gasteiger partial charge in [-0.15, -0.1) is 21.5 Å². The van der Waals surface area contributed by atoms with E-state index in [2.05, 4.69) is 15.2 Å². The molecule has 0 bridgehead atoms. The lowest BCUT2D eigenvalue weighted by molar-refractivity contribution is -0.117. The van der Waals surface area contributed by atoms with Gasteiger partial charge in [0.2, 0.25) is 10.9 Å². The van der Waals surface area contributed by atoms with E-state index < -0.39 is 23.5 Å². The Labute approximate surface area is 199 Å². The summed E-state index contributed by atoms with van der Waals surface area (Å²) in [5.74, 6) is -0.874. The molecule has 0 spiro atoms. The Hall–Kier alpha value is -3.11. The first-order valence-electron chi connectivity index (χ1n) is 10.5. The van der Waals surface area contributed by atoms with Crippen molar-refractivity contribution in [1.29, 1.82) is 0 Å². The molecule has 10 heteroatoms. The second-order valence-corrected chi connectivity index (χ2v) is 10.1. The average Bonchev–Trinajstić information content (AvgIpc) is 3.45. The number of carbonyl (C=O) groups excluding carboxylic acids is 2. The van der Waals surface area contributed by atoms with Gasteiger partial charge in [0.25, 0.3) is 5.91 Å². The molecular weight excluding hydrogens is 460 g/mol. The number of carbonyl (C=O) groups is 2. The van der Waals surface area contributed by atoms with Crippen molar-refractivity contribution in [2.75, 3.05) is 11.5 Å². The normalized spacial score (nSPS) is 16.2. The summed E-state index contributed by atoms with van der Waals surface area (Å²) in [6, 6.07) is 6.28. The second-order valence-electron chi connectivity index (χ2n) is 7.90. The summed E-state index contributed by atoms with van der Waals surface area (Å²) in [6.45, 7) is 9.94. The van der Waals surface area contributed by atoms with Gasteiger partial charge in [0.15, 0.2) is 5.76 Å². The zero-order chi connectivity index (χ0) is 23.9. The first kappa shape index (κ1) is 23.1. The van der Waals surface area contributed by atoms with Crippen LogP contribution in [0.15, 0.2) is 35.6 Å². The van der Waals surface area contributed by atoms with Crippen LogP contribution >= 0.6 is 22.7 Å². The number of rotatable bonds is 7. The van der Waals surface area contributed by atoms with Gasteiger partial charge in [-0.1, -0.05) is 37.3 Å². The molecule has 0 unspecified atom stereocenters. The van der Waals surface area contributed by atoms with Crippen molar-refractivity contribution in [3.05, 3.63) is 61.7 Å². The van der Waals surface area contributed by atoms with E-state index in [1.807, 2.05) is 27.7 Å². The number of nitrogens with zero attached hydrogens (tertiary/aromatic N) is 4. The van der Waals surface area contributed by atoms with Gasteiger partial charge >= 0.3 is 0 Å². The third-order valence-corrected chi connectivity index (χ3v) is 7.49. The molecule has 0 fully saturated rings. The summed E-state index contributed by atoms with van der Waals surface area (Å²) >= 11 is 2.51. The maximum atomic E-state index is 13.6. The third kappa shape index (κ3) is 4.16. The minimum Gasteiger partial charge on any atom is -0.503 e. The Morgan fingerprint density at radius 2 is 1.88 bits per heavy atom. The van der Waals surface area contributed by atoms with Crippen LogP contribution in [0.3, 0.4) is 0 Å². The molecule has 0 radical (unpaired) electrons. The van der Waals surface area contributed by atoms with E-state index in [1.54, 1.807) is 31.2 Å². The van der Waals surface area contributed by atoms with Gasteiger partial charge in [-0.25, -0.2) is 4.98 Å². The van der Waals surface area contributed by atoms with Gasteiger partial charge in [0.05, 0.1) is 33.8 Å². The molecule has 1 aliphatic heterocycles. The summed E-state index contributed by atoms with van der Waals surface area (Å²) in [6.07, 6.45) is 0. The molecule has 8 nitrogen and oxygen atoms in total. The number of hydrogen-bond acceptors (Lipinski definition) is 9. The molecule has 0 saturated carbocycles. The van der Waals surface area contributed by atoms with Gasteiger partial charge in [-0.3, -0.25) is 14.5 Å². The summed E-state index contributed by atoms with van der Waals surface area (Å²) in [7, 11) is 0. The van der Waals surface area contributed by atoms with E-state index in [-0.39, 0.29) is 11.5 Å². The minimum absolute atomic E-state index is 0.0113. The molecule has 0 aliphatic carbocycles. The Morgan fingerprint density at radius 1 is 1.18 bits per heavy atom. The smallest absolute Gasteiger partial charge is 0.296 e. The lowest BCUT2D eigenvalue weighted by atomic mass is 9.95. The number of aromatic nitrogens is 3. The summed E-state index contributed by atoms with van der Waals surface area (Å²) in [4.78, 5) is 32.9. The fourth-order valence-electron chi connectivity index (χ4n) is 3.68. The molecule has 3 heterocycles. The van der Waals surface area contributed by atoms with Gasteiger partial charge < -0.3 is 9.84 Å². The van der Waals surface area contributed by atoms with Crippen LogP contribution in [-0.4, -0.2) is 38.6 Å². The number of amides is 1. The molecule has 1 amide bonds. The maximum Gasteiger partial charge on any atom is 0.296 e. The highest BCUT2D eigenvalue weighted by Gasteiger charge is 2.46. The van der Waals surface area contributed by atoms with Crippen molar-refractivity contribution in [2.45, 2.75) is 46.6 Å². The molecule has 172 valence electrons. The van der Waals surface area contributed by atoms with Crippen molar-refractivity contribution < 1.29 is 19.4 Å². The van der Waals surface area contributed by atoms with E-state index in [0.29, 0.717) is 33.6 Å².